The van der Waals surface area contributed by atoms with Crippen LogP contribution in [-0.4, -0.2) is 36.7 Å². The first-order valence-corrected chi connectivity index (χ1v) is 5.51. The monoisotopic (exact) mass is 262 g/mol. The fourth-order valence-electron chi connectivity index (χ4n) is 1.74. The van der Waals surface area contributed by atoms with Gasteiger partial charge in [-0.2, -0.15) is 13.2 Å². The number of alkyl halides is 3. The molecule has 1 aromatic rings. The van der Waals surface area contributed by atoms with Crippen LogP contribution in [0.5, 0.6) is 5.75 Å². The first-order valence-electron chi connectivity index (χ1n) is 5.51. The molecule has 0 aliphatic carbocycles. The van der Waals surface area contributed by atoms with Crippen molar-refractivity contribution in [3.8, 4) is 5.75 Å². The smallest absolute Gasteiger partial charge is 0.416 e. The molecule has 102 valence electrons. The van der Waals surface area contributed by atoms with E-state index in [4.69, 9.17) is 10.8 Å². The molecule has 0 aliphatic rings. The minimum absolute atomic E-state index is 0.143. The van der Waals surface area contributed by atoms with Crippen LogP contribution in [0.4, 0.5) is 13.2 Å². The Bertz CT molecular complexity index is 405. The Hall–Kier alpha value is -1.27. The summed E-state index contributed by atoms with van der Waals surface area (Å²) in [4.78, 5) is 1.78. The summed E-state index contributed by atoms with van der Waals surface area (Å²) in [6.45, 7) is 0.269. The second kappa shape index (κ2) is 5.58. The van der Waals surface area contributed by atoms with Gasteiger partial charge >= 0.3 is 6.18 Å². The van der Waals surface area contributed by atoms with Crippen LogP contribution < -0.4 is 5.73 Å². The van der Waals surface area contributed by atoms with E-state index >= 15 is 0 Å². The van der Waals surface area contributed by atoms with Crippen LogP contribution in [0.2, 0.25) is 0 Å². The van der Waals surface area contributed by atoms with E-state index in [9.17, 15) is 13.2 Å². The number of phenols is 1. The standard InChI is InChI=1S/C12H17F3N2O/c1-17(2)9(7-16)5-8-3-4-10(18)6-11(8)12(13,14)15/h3-4,6,9,18H,5,7,16H2,1-2H3/t9-/m0/s1. The van der Waals surface area contributed by atoms with Crippen molar-refractivity contribution in [1.82, 2.24) is 4.90 Å². The Labute approximate surface area is 104 Å². The zero-order chi connectivity index (χ0) is 13.9. The molecule has 0 saturated heterocycles. The Morgan fingerprint density at radius 2 is 1.94 bits per heavy atom. The fourth-order valence-corrected chi connectivity index (χ4v) is 1.74. The molecule has 3 nitrogen and oxygen atoms in total. The molecule has 0 amide bonds. The lowest BCUT2D eigenvalue weighted by Gasteiger charge is -2.24. The number of rotatable bonds is 4. The maximum Gasteiger partial charge on any atom is 0.416 e. The maximum absolute atomic E-state index is 12.8. The first-order chi connectivity index (χ1) is 8.25. The van der Waals surface area contributed by atoms with Gasteiger partial charge < -0.3 is 15.7 Å². The maximum atomic E-state index is 12.8. The molecule has 0 spiro atoms. The Kier molecular flexibility index (Phi) is 4.59. The van der Waals surface area contributed by atoms with Crippen LogP contribution in [0.1, 0.15) is 11.1 Å². The molecule has 1 rings (SSSR count). The predicted molar refractivity (Wildman–Crippen MR) is 63.3 cm³/mol. The predicted octanol–water partition coefficient (Wildman–Crippen LogP) is 1.84. The third kappa shape index (κ3) is 3.61. The molecule has 0 aromatic heterocycles. The number of aromatic hydroxyl groups is 1. The van der Waals surface area contributed by atoms with Gasteiger partial charge in [-0.3, -0.25) is 0 Å². The van der Waals surface area contributed by atoms with Crippen molar-refractivity contribution in [2.45, 2.75) is 18.6 Å². The average molecular weight is 262 g/mol. The summed E-state index contributed by atoms with van der Waals surface area (Å²) < 4.78 is 38.5. The van der Waals surface area contributed by atoms with E-state index < -0.39 is 11.7 Å². The van der Waals surface area contributed by atoms with Crippen molar-refractivity contribution in [2.75, 3.05) is 20.6 Å². The number of hydrogen-bond acceptors (Lipinski definition) is 3. The van der Waals surface area contributed by atoms with Gasteiger partial charge in [-0.05, 0) is 38.2 Å². The van der Waals surface area contributed by atoms with E-state index in [1.807, 2.05) is 0 Å². The second-order valence-corrected chi connectivity index (χ2v) is 4.40. The molecule has 18 heavy (non-hydrogen) atoms. The fraction of sp³-hybridized carbons (Fsp3) is 0.500. The molecule has 0 fully saturated rings. The van der Waals surface area contributed by atoms with Gasteiger partial charge in [0.05, 0.1) is 5.56 Å². The summed E-state index contributed by atoms with van der Waals surface area (Å²) in [6.07, 6.45) is -4.28. The number of phenolic OH excluding ortho intramolecular Hbond substituents is 1. The van der Waals surface area contributed by atoms with Gasteiger partial charge in [0, 0.05) is 12.6 Å². The van der Waals surface area contributed by atoms with E-state index in [0.717, 1.165) is 6.07 Å². The van der Waals surface area contributed by atoms with Crippen LogP contribution in [0, 0.1) is 0 Å². The SMILES string of the molecule is CN(C)[C@H](CN)Cc1ccc(O)cc1C(F)(F)F. The van der Waals surface area contributed by atoms with Gasteiger partial charge in [0.25, 0.3) is 0 Å². The van der Waals surface area contributed by atoms with Crippen LogP contribution in [-0.2, 0) is 12.6 Å². The third-order valence-electron chi connectivity index (χ3n) is 2.86. The van der Waals surface area contributed by atoms with Crippen molar-refractivity contribution < 1.29 is 18.3 Å². The summed E-state index contributed by atoms with van der Waals surface area (Å²) in [5, 5.41) is 9.17. The van der Waals surface area contributed by atoms with Crippen molar-refractivity contribution in [2.24, 2.45) is 5.73 Å². The van der Waals surface area contributed by atoms with Crippen LogP contribution in [0.15, 0.2) is 18.2 Å². The highest BCUT2D eigenvalue weighted by atomic mass is 19.4. The highest BCUT2D eigenvalue weighted by Crippen LogP contribution is 2.34. The topological polar surface area (TPSA) is 49.5 Å². The lowest BCUT2D eigenvalue weighted by atomic mass is 9.99. The van der Waals surface area contributed by atoms with Crippen LogP contribution >= 0.6 is 0 Å². The number of nitrogens with two attached hydrogens (primary N) is 1. The zero-order valence-corrected chi connectivity index (χ0v) is 10.3. The Balaban J connectivity index is 3.09. The second-order valence-electron chi connectivity index (χ2n) is 4.40. The van der Waals surface area contributed by atoms with E-state index in [1.54, 1.807) is 19.0 Å². The average Bonchev–Trinajstić information content (AvgIpc) is 2.25. The summed E-state index contributed by atoms with van der Waals surface area (Å²) in [5.74, 6) is -0.389. The lowest BCUT2D eigenvalue weighted by Crippen LogP contribution is -2.37. The van der Waals surface area contributed by atoms with Crippen LogP contribution in [0.3, 0.4) is 0 Å². The van der Waals surface area contributed by atoms with Gasteiger partial charge in [-0.1, -0.05) is 6.07 Å². The third-order valence-corrected chi connectivity index (χ3v) is 2.86. The summed E-state index contributed by atoms with van der Waals surface area (Å²) in [5.41, 5.74) is 4.88. The first kappa shape index (κ1) is 14.8. The molecule has 0 aliphatic heterocycles. The van der Waals surface area contributed by atoms with Gasteiger partial charge in [0.2, 0.25) is 0 Å². The normalized spacial score (nSPS) is 13.9. The van der Waals surface area contributed by atoms with E-state index in [1.165, 1.54) is 12.1 Å². The van der Waals surface area contributed by atoms with Crippen molar-refractivity contribution in [3.63, 3.8) is 0 Å². The van der Waals surface area contributed by atoms with E-state index in [-0.39, 0.29) is 30.3 Å². The van der Waals surface area contributed by atoms with Crippen molar-refractivity contribution in [1.29, 1.82) is 0 Å². The molecular formula is C12H17F3N2O. The summed E-state index contributed by atoms with van der Waals surface area (Å²) in [7, 11) is 3.54. The largest absolute Gasteiger partial charge is 0.508 e. The molecule has 1 atom stereocenters. The molecule has 0 bridgehead atoms. The molecule has 1 aromatic carbocycles. The lowest BCUT2D eigenvalue weighted by molar-refractivity contribution is -0.138. The molecule has 0 unspecified atom stereocenters. The molecule has 0 heterocycles. The summed E-state index contributed by atoms with van der Waals surface area (Å²) in [6, 6.07) is 3.13. The summed E-state index contributed by atoms with van der Waals surface area (Å²) >= 11 is 0. The minimum atomic E-state index is -4.47. The molecule has 0 saturated carbocycles. The number of halogens is 3. The van der Waals surface area contributed by atoms with Crippen molar-refractivity contribution >= 4 is 0 Å². The molecule has 3 N–H and O–H groups in total. The highest BCUT2D eigenvalue weighted by Gasteiger charge is 2.34. The number of hydrogen-bond donors (Lipinski definition) is 2. The number of benzene rings is 1. The molecule has 6 heteroatoms. The number of nitrogens with zero attached hydrogens (tertiary/aromatic N) is 1. The highest BCUT2D eigenvalue weighted by molar-refractivity contribution is 5.37. The van der Waals surface area contributed by atoms with E-state index in [0.29, 0.717) is 0 Å². The van der Waals surface area contributed by atoms with Gasteiger partial charge in [0.1, 0.15) is 5.75 Å². The zero-order valence-electron chi connectivity index (χ0n) is 10.3. The van der Waals surface area contributed by atoms with E-state index in [2.05, 4.69) is 0 Å². The number of likely N-dealkylation sites (N-methyl/N-ethyl adjacent to an activating group) is 1. The Morgan fingerprint density at radius 3 is 2.39 bits per heavy atom. The van der Waals surface area contributed by atoms with Gasteiger partial charge in [-0.15, -0.1) is 0 Å². The van der Waals surface area contributed by atoms with Gasteiger partial charge in [0.15, 0.2) is 0 Å². The minimum Gasteiger partial charge on any atom is -0.508 e. The van der Waals surface area contributed by atoms with Gasteiger partial charge in [-0.25, -0.2) is 0 Å². The van der Waals surface area contributed by atoms with Crippen LogP contribution in [0.25, 0.3) is 0 Å². The molecule has 0 radical (unpaired) electrons. The molecular weight excluding hydrogens is 245 g/mol. The quantitative estimate of drug-likeness (QED) is 0.870. The van der Waals surface area contributed by atoms with Crippen molar-refractivity contribution in [3.05, 3.63) is 29.3 Å². The Morgan fingerprint density at radius 1 is 1.33 bits per heavy atom.